The molecule has 0 amide bonds. The second-order valence-electron chi connectivity index (χ2n) is 13.4. The van der Waals surface area contributed by atoms with Gasteiger partial charge in [0.15, 0.2) is 0 Å². The fraction of sp³-hybridized carbons (Fsp3) is 0.571. The van der Waals surface area contributed by atoms with Gasteiger partial charge < -0.3 is 9.47 Å². The molecule has 5 nitrogen and oxygen atoms in total. The van der Waals surface area contributed by atoms with Gasteiger partial charge in [0.1, 0.15) is 18.0 Å². The largest absolute Gasteiger partial charge is 0.459 e. The molecule has 0 aliphatic heterocycles. The van der Waals surface area contributed by atoms with Crippen molar-refractivity contribution in [1.29, 1.82) is 0 Å². The molecule has 5 heteroatoms. The van der Waals surface area contributed by atoms with Crippen LogP contribution in [0.25, 0.3) is 0 Å². The average Bonchev–Trinajstić information content (AvgIpc) is 3.33. The third kappa shape index (κ3) is 4.50. The molecule has 4 aliphatic carbocycles. The first kappa shape index (κ1) is 27.2. The lowest BCUT2D eigenvalue weighted by Gasteiger charge is -2.62. The summed E-state index contributed by atoms with van der Waals surface area (Å²) in [6.45, 7) is 6.40. The lowest BCUT2D eigenvalue weighted by atomic mass is 9.44. The topological polar surface area (TPSA) is 69.7 Å². The molecular weight excluding hydrogens is 500 g/mol. The molecule has 4 aliphatic rings. The Morgan fingerprint density at radius 1 is 0.725 bits per heavy atom. The summed E-state index contributed by atoms with van der Waals surface area (Å²) in [5.41, 5.74) is 0.945. The van der Waals surface area contributed by atoms with Gasteiger partial charge in [-0.3, -0.25) is 4.79 Å². The van der Waals surface area contributed by atoms with Crippen LogP contribution >= 0.6 is 0 Å². The zero-order valence-corrected chi connectivity index (χ0v) is 24.0. The zero-order chi connectivity index (χ0) is 28.1. The lowest BCUT2D eigenvalue weighted by molar-refractivity contribution is -0.175. The van der Waals surface area contributed by atoms with Crippen molar-refractivity contribution in [3.8, 4) is 0 Å². The summed E-state index contributed by atoms with van der Waals surface area (Å²) in [6.07, 6.45) is 7.40. The highest BCUT2D eigenvalue weighted by Crippen LogP contribution is 2.68. The van der Waals surface area contributed by atoms with E-state index in [1.807, 2.05) is 48.5 Å². The molecule has 2 aromatic rings. The Bertz CT molecular complexity index is 1260. The highest BCUT2D eigenvalue weighted by molar-refractivity contribution is 5.90. The fourth-order valence-corrected chi connectivity index (χ4v) is 9.66. The van der Waals surface area contributed by atoms with Gasteiger partial charge in [0.2, 0.25) is 0 Å². The van der Waals surface area contributed by atoms with Crippen molar-refractivity contribution < 1.29 is 23.9 Å². The van der Waals surface area contributed by atoms with Crippen LogP contribution in [-0.4, -0.2) is 29.9 Å². The molecule has 212 valence electrons. The molecule has 0 saturated heterocycles. The maximum atomic E-state index is 13.3. The van der Waals surface area contributed by atoms with Crippen LogP contribution in [0.1, 0.15) is 92.9 Å². The molecule has 4 saturated carbocycles. The van der Waals surface area contributed by atoms with Gasteiger partial charge in [0.05, 0.1) is 11.1 Å². The quantitative estimate of drug-likeness (QED) is 0.371. The van der Waals surface area contributed by atoms with Crippen molar-refractivity contribution in [2.45, 2.75) is 84.3 Å². The van der Waals surface area contributed by atoms with Gasteiger partial charge >= 0.3 is 11.9 Å². The number of hydrogen-bond donors (Lipinski definition) is 0. The maximum absolute atomic E-state index is 13.3. The van der Waals surface area contributed by atoms with Crippen molar-refractivity contribution in [3.63, 3.8) is 0 Å². The van der Waals surface area contributed by atoms with E-state index < -0.39 is 0 Å². The number of carbonyl (C=O) groups excluding carboxylic acids is 3. The molecule has 0 N–H and O–H groups in total. The second-order valence-corrected chi connectivity index (χ2v) is 13.4. The summed E-state index contributed by atoms with van der Waals surface area (Å²) in [7, 11) is 0. The Morgan fingerprint density at radius 3 is 1.98 bits per heavy atom. The standard InChI is InChI=1S/C35H42O5/c1-22(36)28-16-17-29-27-15-14-25-20-26(39-32(37)23-10-6-4-7-11-23)18-19-34(25,2)30(27)21-31(35(28,29)3)40-33(38)24-12-8-5-9-13-24/h4-13,25-31H,14-21H2,1-3H3/t25-,26-,27-,28+,29-,30-,31-,34-,35+/m0/s1. The van der Waals surface area contributed by atoms with E-state index in [1.54, 1.807) is 19.1 Å². The molecule has 4 fully saturated rings. The van der Waals surface area contributed by atoms with E-state index >= 15 is 0 Å². The fourth-order valence-electron chi connectivity index (χ4n) is 9.66. The van der Waals surface area contributed by atoms with Gasteiger partial charge in [-0.1, -0.05) is 50.2 Å². The predicted molar refractivity (Wildman–Crippen MR) is 153 cm³/mol. The normalized spacial score (nSPS) is 38.3. The van der Waals surface area contributed by atoms with Gasteiger partial charge in [-0.25, -0.2) is 9.59 Å². The Kier molecular flexibility index (Phi) is 7.13. The number of ether oxygens (including phenoxy) is 2. The van der Waals surface area contributed by atoms with Crippen LogP contribution in [0.3, 0.4) is 0 Å². The Balaban J connectivity index is 1.24. The van der Waals surface area contributed by atoms with Crippen molar-refractivity contribution in [2.75, 3.05) is 0 Å². The molecule has 40 heavy (non-hydrogen) atoms. The third-order valence-electron chi connectivity index (χ3n) is 11.7. The lowest BCUT2D eigenvalue weighted by Crippen LogP contribution is -2.59. The van der Waals surface area contributed by atoms with Gasteiger partial charge in [-0.15, -0.1) is 0 Å². The van der Waals surface area contributed by atoms with Crippen LogP contribution in [0.5, 0.6) is 0 Å². The van der Waals surface area contributed by atoms with E-state index in [9.17, 15) is 14.4 Å². The first-order valence-electron chi connectivity index (χ1n) is 15.2. The zero-order valence-electron chi connectivity index (χ0n) is 24.0. The monoisotopic (exact) mass is 542 g/mol. The molecule has 6 rings (SSSR count). The molecule has 0 unspecified atom stereocenters. The van der Waals surface area contributed by atoms with Crippen LogP contribution < -0.4 is 0 Å². The summed E-state index contributed by atoms with van der Waals surface area (Å²) in [5.74, 6) is 1.45. The number of ketones is 1. The first-order valence-corrected chi connectivity index (χ1v) is 15.2. The molecule has 0 bridgehead atoms. The summed E-state index contributed by atoms with van der Waals surface area (Å²) >= 11 is 0. The highest BCUT2D eigenvalue weighted by Gasteiger charge is 2.65. The van der Waals surface area contributed by atoms with E-state index in [4.69, 9.17) is 9.47 Å². The van der Waals surface area contributed by atoms with Crippen molar-refractivity contribution in [1.82, 2.24) is 0 Å². The number of carbonyl (C=O) groups is 3. The smallest absolute Gasteiger partial charge is 0.338 e. The van der Waals surface area contributed by atoms with E-state index in [0.717, 1.165) is 51.4 Å². The summed E-state index contributed by atoms with van der Waals surface area (Å²) in [5, 5.41) is 0. The maximum Gasteiger partial charge on any atom is 0.338 e. The van der Waals surface area contributed by atoms with E-state index in [-0.39, 0.29) is 46.7 Å². The number of rotatable bonds is 5. The molecular formula is C35H42O5. The van der Waals surface area contributed by atoms with Crippen molar-refractivity contribution in [2.24, 2.45) is 40.4 Å². The third-order valence-corrected chi connectivity index (χ3v) is 11.7. The molecule has 0 aromatic heterocycles. The summed E-state index contributed by atoms with van der Waals surface area (Å²) in [6, 6.07) is 18.5. The average molecular weight is 543 g/mol. The van der Waals surface area contributed by atoms with Crippen LogP contribution in [0.2, 0.25) is 0 Å². The SMILES string of the molecule is CC(=O)[C@H]1CC[C@H]2[C@@H]3CC[C@H]4C[C@@H](OC(=O)c5ccccc5)CC[C@]4(C)[C@H]3C[C@H](OC(=O)c3ccccc3)[C@]12C. The van der Waals surface area contributed by atoms with E-state index in [0.29, 0.717) is 34.8 Å². The Labute approximate surface area is 238 Å². The van der Waals surface area contributed by atoms with Crippen LogP contribution in [0, 0.1) is 40.4 Å². The second kappa shape index (κ2) is 10.5. The minimum atomic E-state index is -0.330. The van der Waals surface area contributed by atoms with E-state index in [1.165, 1.54) is 0 Å². The molecule has 0 heterocycles. The molecule has 2 aromatic carbocycles. The van der Waals surface area contributed by atoms with Gasteiger partial charge in [-0.05, 0) is 112 Å². The minimum Gasteiger partial charge on any atom is -0.459 e. The molecule has 0 spiro atoms. The first-order chi connectivity index (χ1) is 19.2. The van der Waals surface area contributed by atoms with E-state index in [2.05, 4.69) is 13.8 Å². The van der Waals surface area contributed by atoms with Crippen LogP contribution in [0.4, 0.5) is 0 Å². The Hall–Kier alpha value is -2.95. The highest BCUT2D eigenvalue weighted by atomic mass is 16.5. The van der Waals surface area contributed by atoms with Gasteiger partial charge in [0.25, 0.3) is 0 Å². The molecule has 9 atom stereocenters. The Morgan fingerprint density at radius 2 is 1.35 bits per heavy atom. The molecule has 0 radical (unpaired) electrons. The number of hydrogen-bond acceptors (Lipinski definition) is 5. The number of fused-ring (bicyclic) bond motifs is 5. The predicted octanol–water partition coefficient (Wildman–Crippen LogP) is 7.30. The number of benzene rings is 2. The van der Waals surface area contributed by atoms with Crippen LogP contribution in [0.15, 0.2) is 60.7 Å². The summed E-state index contributed by atoms with van der Waals surface area (Å²) in [4.78, 5) is 39.0. The van der Waals surface area contributed by atoms with Crippen molar-refractivity contribution in [3.05, 3.63) is 71.8 Å². The van der Waals surface area contributed by atoms with Crippen molar-refractivity contribution >= 4 is 17.7 Å². The summed E-state index contributed by atoms with van der Waals surface area (Å²) < 4.78 is 12.4. The van der Waals surface area contributed by atoms with Gasteiger partial charge in [0, 0.05) is 11.3 Å². The minimum absolute atomic E-state index is 0.0588. The van der Waals surface area contributed by atoms with Crippen LogP contribution in [-0.2, 0) is 14.3 Å². The van der Waals surface area contributed by atoms with Gasteiger partial charge in [-0.2, -0.15) is 0 Å². The number of Topliss-reactive ketones (excluding diaryl/α,β-unsaturated/α-hetero) is 1. The number of esters is 2.